The highest BCUT2D eigenvalue weighted by atomic mass is 32.2. The minimum atomic E-state index is -4.29. The van der Waals surface area contributed by atoms with Gasteiger partial charge in [0.25, 0.3) is 5.92 Å². The number of nitrogens with zero attached hydrogens (tertiary/aromatic N) is 1. The molecule has 1 aliphatic rings. The van der Waals surface area contributed by atoms with E-state index in [1.165, 1.54) is 6.07 Å². The maximum absolute atomic E-state index is 13.6. The molecule has 1 aromatic carbocycles. The molecule has 1 fully saturated rings. The molecule has 0 unspecified atom stereocenters. The number of hydrogen-bond acceptors (Lipinski definition) is 3. The van der Waals surface area contributed by atoms with Gasteiger partial charge >= 0.3 is 0 Å². The number of hydrogen-bond donors (Lipinski definition) is 1. The van der Waals surface area contributed by atoms with Crippen LogP contribution in [0.15, 0.2) is 23.1 Å². The molecule has 2 rings (SSSR count). The summed E-state index contributed by atoms with van der Waals surface area (Å²) in [5.41, 5.74) is 5.47. The molecular formula is C11H13F3N2O2S. The molecule has 1 aromatic rings. The van der Waals surface area contributed by atoms with Crippen LogP contribution in [-0.2, 0) is 10.0 Å². The second-order valence-electron chi connectivity index (χ2n) is 4.49. The van der Waals surface area contributed by atoms with E-state index in [0.717, 1.165) is 12.1 Å². The summed E-state index contributed by atoms with van der Waals surface area (Å²) < 4.78 is 65.0. The highest BCUT2D eigenvalue weighted by molar-refractivity contribution is 7.89. The van der Waals surface area contributed by atoms with Gasteiger partial charge in [-0.3, -0.25) is 0 Å². The summed E-state index contributed by atoms with van der Waals surface area (Å²) in [6.45, 7) is -0.976. The SMILES string of the molecule is Nc1ccc(F)c(S(=O)(=O)N2CCCC(F)(F)C2)c1. The number of anilines is 1. The van der Waals surface area contributed by atoms with E-state index in [0.29, 0.717) is 4.31 Å². The molecule has 1 saturated heterocycles. The summed E-state index contributed by atoms with van der Waals surface area (Å²) in [5.74, 6) is -4.08. The number of nitrogen functional groups attached to an aromatic ring is 1. The Morgan fingerprint density at radius 1 is 1.32 bits per heavy atom. The number of alkyl halides is 2. The van der Waals surface area contributed by atoms with Crippen LogP contribution < -0.4 is 5.73 Å². The van der Waals surface area contributed by atoms with E-state index in [1.54, 1.807) is 0 Å². The molecule has 8 heteroatoms. The monoisotopic (exact) mass is 294 g/mol. The first kappa shape index (κ1) is 14.1. The smallest absolute Gasteiger partial charge is 0.261 e. The van der Waals surface area contributed by atoms with Gasteiger partial charge in [0, 0.05) is 18.7 Å². The Balaban J connectivity index is 2.39. The number of nitrogens with two attached hydrogens (primary N) is 1. The van der Waals surface area contributed by atoms with Crippen LogP contribution in [0.1, 0.15) is 12.8 Å². The highest BCUT2D eigenvalue weighted by Crippen LogP contribution is 2.31. The lowest BCUT2D eigenvalue weighted by atomic mass is 10.1. The summed E-state index contributed by atoms with van der Waals surface area (Å²) >= 11 is 0. The van der Waals surface area contributed by atoms with Crippen LogP contribution in [0.5, 0.6) is 0 Å². The van der Waals surface area contributed by atoms with E-state index in [2.05, 4.69) is 0 Å². The van der Waals surface area contributed by atoms with Crippen LogP contribution in [0.4, 0.5) is 18.9 Å². The van der Waals surface area contributed by atoms with Gasteiger partial charge in [0.1, 0.15) is 10.7 Å². The lowest BCUT2D eigenvalue weighted by Crippen LogP contribution is -2.45. The summed E-state index contributed by atoms with van der Waals surface area (Å²) in [6.07, 6.45) is -0.325. The molecule has 1 aliphatic heterocycles. The topological polar surface area (TPSA) is 63.4 Å². The van der Waals surface area contributed by atoms with E-state index in [-0.39, 0.29) is 25.1 Å². The molecule has 2 N–H and O–H groups in total. The van der Waals surface area contributed by atoms with Crippen molar-refractivity contribution in [2.45, 2.75) is 23.7 Å². The summed E-state index contributed by atoms with van der Waals surface area (Å²) in [5, 5.41) is 0. The van der Waals surface area contributed by atoms with E-state index in [9.17, 15) is 21.6 Å². The first-order chi connectivity index (χ1) is 8.72. The minimum Gasteiger partial charge on any atom is -0.399 e. The second kappa shape index (κ2) is 4.68. The molecule has 0 spiro atoms. The van der Waals surface area contributed by atoms with E-state index in [4.69, 9.17) is 5.73 Å². The van der Waals surface area contributed by atoms with Crippen LogP contribution >= 0.6 is 0 Å². The van der Waals surface area contributed by atoms with Crippen molar-refractivity contribution in [3.8, 4) is 0 Å². The second-order valence-corrected chi connectivity index (χ2v) is 6.39. The standard InChI is InChI=1S/C11H13F3N2O2S/c12-9-3-2-8(15)6-10(9)19(17,18)16-5-1-4-11(13,14)7-16/h2-3,6H,1,4-5,7,15H2. The molecule has 1 heterocycles. The van der Waals surface area contributed by atoms with E-state index < -0.39 is 33.2 Å². The lowest BCUT2D eigenvalue weighted by molar-refractivity contribution is -0.0434. The van der Waals surface area contributed by atoms with Crippen LogP contribution in [-0.4, -0.2) is 31.7 Å². The van der Waals surface area contributed by atoms with Crippen molar-refractivity contribution in [1.82, 2.24) is 4.31 Å². The van der Waals surface area contributed by atoms with Gasteiger partial charge in [-0.2, -0.15) is 4.31 Å². The van der Waals surface area contributed by atoms with Gasteiger partial charge in [-0.25, -0.2) is 21.6 Å². The molecule has 19 heavy (non-hydrogen) atoms. The number of piperidine rings is 1. The van der Waals surface area contributed by atoms with Gasteiger partial charge in [0.15, 0.2) is 0 Å². The van der Waals surface area contributed by atoms with Gasteiger partial charge in [-0.1, -0.05) is 0 Å². The lowest BCUT2D eigenvalue weighted by Gasteiger charge is -2.31. The average molecular weight is 294 g/mol. The van der Waals surface area contributed by atoms with Crippen molar-refractivity contribution in [3.05, 3.63) is 24.0 Å². The minimum absolute atomic E-state index is 0.0379. The molecule has 0 bridgehead atoms. The molecule has 0 saturated carbocycles. The maximum atomic E-state index is 13.6. The van der Waals surface area contributed by atoms with Crippen LogP contribution in [0.25, 0.3) is 0 Å². The molecular weight excluding hydrogens is 281 g/mol. The van der Waals surface area contributed by atoms with Crippen molar-refractivity contribution in [3.63, 3.8) is 0 Å². The average Bonchev–Trinajstić information content (AvgIpc) is 2.31. The maximum Gasteiger partial charge on any atom is 0.261 e. The Kier molecular flexibility index (Phi) is 3.48. The van der Waals surface area contributed by atoms with Crippen LogP contribution in [0, 0.1) is 5.82 Å². The third kappa shape index (κ3) is 2.84. The van der Waals surface area contributed by atoms with Gasteiger partial charge < -0.3 is 5.73 Å². The van der Waals surface area contributed by atoms with Crippen molar-refractivity contribution in [1.29, 1.82) is 0 Å². The molecule has 0 amide bonds. The van der Waals surface area contributed by atoms with Crippen molar-refractivity contribution >= 4 is 15.7 Å². The van der Waals surface area contributed by atoms with Gasteiger partial charge in [0.2, 0.25) is 10.0 Å². The fraction of sp³-hybridized carbons (Fsp3) is 0.455. The molecule has 4 nitrogen and oxygen atoms in total. The van der Waals surface area contributed by atoms with Crippen LogP contribution in [0.3, 0.4) is 0 Å². The Morgan fingerprint density at radius 3 is 2.63 bits per heavy atom. The number of benzene rings is 1. The molecule has 0 aliphatic carbocycles. The van der Waals surface area contributed by atoms with Crippen molar-refractivity contribution in [2.75, 3.05) is 18.8 Å². The molecule has 106 valence electrons. The third-order valence-corrected chi connectivity index (χ3v) is 4.79. The Hall–Kier alpha value is -1.28. The quantitative estimate of drug-likeness (QED) is 0.846. The summed E-state index contributed by atoms with van der Waals surface area (Å²) in [7, 11) is -4.29. The highest BCUT2D eigenvalue weighted by Gasteiger charge is 2.41. The van der Waals surface area contributed by atoms with E-state index >= 15 is 0 Å². The van der Waals surface area contributed by atoms with Gasteiger partial charge in [0.05, 0.1) is 6.54 Å². The summed E-state index contributed by atoms with van der Waals surface area (Å²) in [6, 6.07) is 3.06. The summed E-state index contributed by atoms with van der Waals surface area (Å²) in [4.78, 5) is -0.662. The zero-order valence-electron chi connectivity index (χ0n) is 9.94. The zero-order valence-corrected chi connectivity index (χ0v) is 10.8. The third-order valence-electron chi connectivity index (χ3n) is 2.93. The Bertz CT molecular complexity index is 590. The predicted octanol–water partition coefficient (Wildman–Crippen LogP) is 1.83. The Morgan fingerprint density at radius 2 is 2.00 bits per heavy atom. The fourth-order valence-corrected chi connectivity index (χ4v) is 3.60. The number of sulfonamides is 1. The Labute approximate surface area is 109 Å². The first-order valence-electron chi connectivity index (χ1n) is 5.65. The van der Waals surface area contributed by atoms with E-state index in [1.807, 2.05) is 0 Å². The first-order valence-corrected chi connectivity index (χ1v) is 7.09. The zero-order chi connectivity index (χ0) is 14.3. The number of halogens is 3. The molecule has 0 aromatic heterocycles. The van der Waals surface area contributed by atoms with Gasteiger partial charge in [-0.15, -0.1) is 0 Å². The fourth-order valence-electron chi connectivity index (χ4n) is 1.99. The van der Waals surface area contributed by atoms with Gasteiger partial charge in [-0.05, 0) is 24.6 Å². The molecule has 0 atom stereocenters. The largest absolute Gasteiger partial charge is 0.399 e. The molecule has 0 radical (unpaired) electrons. The van der Waals surface area contributed by atoms with Crippen molar-refractivity contribution < 1.29 is 21.6 Å². The van der Waals surface area contributed by atoms with Crippen molar-refractivity contribution in [2.24, 2.45) is 0 Å². The number of rotatable bonds is 2. The normalized spacial score (nSPS) is 20.4. The van der Waals surface area contributed by atoms with Crippen LogP contribution in [0.2, 0.25) is 0 Å². The predicted molar refractivity (Wildman–Crippen MR) is 63.8 cm³/mol.